The molecule has 9 heteroatoms. The number of aromatic nitrogens is 4. The summed E-state index contributed by atoms with van der Waals surface area (Å²) in [5.41, 5.74) is 3.54. The summed E-state index contributed by atoms with van der Waals surface area (Å²) < 4.78 is 12.9. The first-order valence-electron chi connectivity index (χ1n) is 9.83. The van der Waals surface area contributed by atoms with Gasteiger partial charge in [0.05, 0.1) is 12.8 Å². The number of anilines is 1. The Bertz CT molecular complexity index is 1200. The molecule has 1 amide bonds. The smallest absolute Gasteiger partial charge is 0.262 e. The zero-order valence-corrected chi connectivity index (χ0v) is 18.6. The zero-order chi connectivity index (χ0) is 22.0. The highest BCUT2D eigenvalue weighted by Crippen LogP contribution is 2.33. The molecule has 2 heterocycles. The molecule has 0 aliphatic carbocycles. The number of aryl methyl sites for hydroxylation is 1. The lowest BCUT2D eigenvalue weighted by molar-refractivity contribution is -0.118. The van der Waals surface area contributed by atoms with Crippen molar-refractivity contribution in [1.29, 1.82) is 0 Å². The molecule has 2 aromatic heterocycles. The molecule has 0 saturated carbocycles. The summed E-state index contributed by atoms with van der Waals surface area (Å²) in [5.74, 6) is 1.30. The third-order valence-electron chi connectivity index (χ3n) is 4.76. The molecule has 8 nitrogen and oxygen atoms in total. The number of nitrogens with zero attached hydrogens (tertiary/aromatic N) is 4. The predicted molar refractivity (Wildman–Crippen MR) is 120 cm³/mol. The van der Waals surface area contributed by atoms with E-state index in [0.717, 1.165) is 27.4 Å². The van der Waals surface area contributed by atoms with Crippen LogP contribution in [-0.2, 0) is 4.79 Å². The summed E-state index contributed by atoms with van der Waals surface area (Å²) in [5, 5.41) is 15.9. The van der Waals surface area contributed by atoms with Crippen molar-refractivity contribution in [3.63, 3.8) is 0 Å². The second-order valence-electron chi connectivity index (χ2n) is 7.41. The molecule has 0 aliphatic rings. The summed E-state index contributed by atoms with van der Waals surface area (Å²) in [6.07, 6.45) is 1.55. The molecular formula is C22H23N5O3S. The van der Waals surface area contributed by atoms with Gasteiger partial charge in [0, 0.05) is 5.56 Å². The highest BCUT2D eigenvalue weighted by molar-refractivity contribution is 7.19. The van der Waals surface area contributed by atoms with Crippen LogP contribution in [0.2, 0.25) is 0 Å². The van der Waals surface area contributed by atoms with Crippen molar-refractivity contribution in [3.05, 3.63) is 53.9 Å². The van der Waals surface area contributed by atoms with Gasteiger partial charge in [-0.25, -0.2) is 0 Å². The molecule has 0 bridgehead atoms. The first kappa shape index (κ1) is 20.8. The maximum absolute atomic E-state index is 12.6. The lowest BCUT2D eigenvalue weighted by atomic mass is 10.0. The topological polar surface area (TPSA) is 90.6 Å². The number of methoxy groups -OCH3 is 1. The molecule has 0 radical (unpaired) electrons. The number of benzene rings is 2. The standard InChI is InChI=1S/C22H23N5O3S/c1-13(2)16-7-5-14(3)9-19(16)30-11-20(28)24-17-10-15(6-8-18(17)29-4)21-26-27-12-23-25-22(27)31-21/h5-10,12-13H,11H2,1-4H3,(H,24,28). The number of fused-ring (bicyclic) bond motifs is 1. The summed E-state index contributed by atoms with van der Waals surface area (Å²) in [6.45, 7) is 6.09. The Morgan fingerprint density at radius 2 is 2.03 bits per heavy atom. The summed E-state index contributed by atoms with van der Waals surface area (Å²) in [7, 11) is 1.56. The number of carbonyl (C=O) groups excluding carboxylic acids is 1. The van der Waals surface area contributed by atoms with Crippen LogP contribution < -0.4 is 14.8 Å². The Morgan fingerprint density at radius 1 is 1.19 bits per heavy atom. The fourth-order valence-electron chi connectivity index (χ4n) is 3.19. The fourth-order valence-corrected chi connectivity index (χ4v) is 4.00. The van der Waals surface area contributed by atoms with Gasteiger partial charge in [-0.05, 0) is 48.2 Å². The number of hydrogen-bond donors (Lipinski definition) is 1. The van der Waals surface area contributed by atoms with E-state index in [-0.39, 0.29) is 12.5 Å². The van der Waals surface area contributed by atoms with E-state index in [4.69, 9.17) is 9.47 Å². The molecule has 4 rings (SSSR count). The van der Waals surface area contributed by atoms with Gasteiger partial charge < -0.3 is 14.8 Å². The van der Waals surface area contributed by atoms with Crippen molar-refractivity contribution in [2.24, 2.45) is 0 Å². The van der Waals surface area contributed by atoms with Crippen molar-refractivity contribution >= 4 is 27.9 Å². The molecule has 0 spiro atoms. The van der Waals surface area contributed by atoms with E-state index >= 15 is 0 Å². The first-order valence-corrected chi connectivity index (χ1v) is 10.6. The van der Waals surface area contributed by atoms with Crippen LogP contribution in [0.15, 0.2) is 42.7 Å². The van der Waals surface area contributed by atoms with Crippen molar-refractivity contribution in [3.8, 4) is 22.1 Å². The monoisotopic (exact) mass is 437 g/mol. The van der Waals surface area contributed by atoms with E-state index in [1.165, 1.54) is 11.3 Å². The van der Waals surface area contributed by atoms with E-state index < -0.39 is 0 Å². The van der Waals surface area contributed by atoms with Crippen molar-refractivity contribution in [2.45, 2.75) is 26.7 Å². The number of nitrogens with one attached hydrogen (secondary N) is 1. The normalized spacial score (nSPS) is 11.1. The van der Waals surface area contributed by atoms with Gasteiger partial charge >= 0.3 is 0 Å². The molecular weight excluding hydrogens is 414 g/mol. The second-order valence-corrected chi connectivity index (χ2v) is 8.37. The van der Waals surface area contributed by atoms with Gasteiger partial charge in [-0.2, -0.15) is 9.61 Å². The SMILES string of the molecule is COc1ccc(-c2nn3cnnc3s2)cc1NC(=O)COc1cc(C)ccc1C(C)C. The minimum absolute atomic E-state index is 0.104. The van der Waals surface area contributed by atoms with Crippen LogP contribution in [0, 0.1) is 6.92 Å². The summed E-state index contributed by atoms with van der Waals surface area (Å²) in [4.78, 5) is 13.3. The van der Waals surface area contributed by atoms with E-state index in [9.17, 15) is 4.79 Å². The van der Waals surface area contributed by atoms with Crippen LogP contribution in [0.5, 0.6) is 11.5 Å². The minimum Gasteiger partial charge on any atom is -0.495 e. The Morgan fingerprint density at radius 3 is 2.77 bits per heavy atom. The Hall–Kier alpha value is -3.46. The highest BCUT2D eigenvalue weighted by Gasteiger charge is 2.15. The highest BCUT2D eigenvalue weighted by atomic mass is 32.1. The number of carbonyl (C=O) groups is 1. The third-order valence-corrected chi connectivity index (χ3v) is 5.72. The Labute approximate surface area is 183 Å². The molecule has 160 valence electrons. The molecule has 0 aliphatic heterocycles. The maximum atomic E-state index is 12.6. The fraction of sp³-hybridized carbons (Fsp3) is 0.273. The van der Waals surface area contributed by atoms with Crippen LogP contribution in [-0.4, -0.2) is 39.4 Å². The van der Waals surface area contributed by atoms with Gasteiger partial charge in [0.1, 0.15) is 22.8 Å². The van der Waals surface area contributed by atoms with E-state index in [1.54, 1.807) is 24.0 Å². The summed E-state index contributed by atoms with van der Waals surface area (Å²) in [6, 6.07) is 11.6. The van der Waals surface area contributed by atoms with Gasteiger partial charge in [0.2, 0.25) is 4.96 Å². The quantitative estimate of drug-likeness (QED) is 0.463. The van der Waals surface area contributed by atoms with Gasteiger partial charge in [-0.1, -0.05) is 37.3 Å². The van der Waals surface area contributed by atoms with Crippen LogP contribution in [0.4, 0.5) is 5.69 Å². The zero-order valence-electron chi connectivity index (χ0n) is 17.7. The van der Waals surface area contributed by atoms with Gasteiger partial charge in [-0.3, -0.25) is 4.79 Å². The van der Waals surface area contributed by atoms with Gasteiger partial charge in [0.25, 0.3) is 5.91 Å². The van der Waals surface area contributed by atoms with E-state index in [2.05, 4.69) is 34.5 Å². The largest absolute Gasteiger partial charge is 0.495 e. The van der Waals surface area contributed by atoms with Crippen molar-refractivity contribution < 1.29 is 14.3 Å². The second kappa shape index (κ2) is 8.73. The molecule has 0 saturated heterocycles. The molecule has 0 unspecified atom stereocenters. The average Bonchev–Trinajstić information content (AvgIpc) is 3.34. The third kappa shape index (κ3) is 4.51. The minimum atomic E-state index is -0.273. The van der Waals surface area contributed by atoms with Gasteiger partial charge in [-0.15, -0.1) is 10.2 Å². The predicted octanol–water partition coefficient (Wildman–Crippen LogP) is 4.31. The molecule has 1 N–H and O–H groups in total. The average molecular weight is 438 g/mol. The number of rotatable bonds is 7. The molecule has 0 fully saturated rings. The van der Waals surface area contributed by atoms with Crippen LogP contribution in [0.25, 0.3) is 15.5 Å². The van der Waals surface area contributed by atoms with Crippen LogP contribution in [0.3, 0.4) is 0 Å². The number of ether oxygens (including phenoxy) is 2. The lowest BCUT2D eigenvalue weighted by Crippen LogP contribution is -2.21. The van der Waals surface area contributed by atoms with Crippen molar-refractivity contribution in [1.82, 2.24) is 19.8 Å². The maximum Gasteiger partial charge on any atom is 0.262 e. The van der Waals surface area contributed by atoms with E-state index in [1.807, 2.05) is 37.3 Å². The molecule has 31 heavy (non-hydrogen) atoms. The Balaban J connectivity index is 1.51. The molecule has 2 aromatic carbocycles. The Kier molecular flexibility index (Phi) is 5.85. The number of hydrogen-bond acceptors (Lipinski definition) is 7. The molecule has 0 atom stereocenters. The summed E-state index contributed by atoms with van der Waals surface area (Å²) >= 11 is 1.41. The van der Waals surface area contributed by atoms with Crippen molar-refractivity contribution in [2.75, 3.05) is 19.0 Å². The van der Waals surface area contributed by atoms with Crippen LogP contribution >= 0.6 is 11.3 Å². The number of amides is 1. The molecule has 4 aromatic rings. The lowest BCUT2D eigenvalue weighted by Gasteiger charge is -2.15. The van der Waals surface area contributed by atoms with E-state index in [0.29, 0.717) is 22.3 Å². The van der Waals surface area contributed by atoms with Gasteiger partial charge in [0.15, 0.2) is 6.61 Å². The first-order chi connectivity index (χ1) is 14.9. The van der Waals surface area contributed by atoms with Crippen LogP contribution in [0.1, 0.15) is 30.9 Å².